The predicted octanol–water partition coefficient (Wildman–Crippen LogP) is 4.33. The van der Waals surface area contributed by atoms with Crippen molar-refractivity contribution in [1.29, 1.82) is 0 Å². The fraction of sp³-hybridized carbons (Fsp3) is 0.421. The number of aromatic nitrogens is 1. The lowest BCUT2D eigenvalue weighted by Crippen LogP contribution is -2.47. The van der Waals surface area contributed by atoms with Gasteiger partial charge in [0, 0.05) is 23.7 Å². The molecule has 0 spiro atoms. The Morgan fingerprint density at radius 1 is 1.19 bits per heavy atom. The fourth-order valence-electron chi connectivity index (χ4n) is 3.25. The Balaban J connectivity index is 1.75. The van der Waals surface area contributed by atoms with Gasteiger partial charge in [0.05, 0.1) is 5.56 Å². The minimum Gasteiger partial charge on any atom is -0.449 e. The minimum atomic E-state index is -1.10. The highest BCUT2D eigenvalue weighted by Crippen LogP contribution is 2.29. The summed E-state index contributed by atoms with van der Waals surface area (Å²) in [5.74, 6) is -3.10. The highest BCUT2D eigenvalue weighted by molar-refractivity contribution is 7.13. The van der Waals surface area contributed by atoms with E-state index in [4.69, 9.17) is 4.74 Å². The average molecular weight is 394 g/mol. The number of ether oxygens (including phenoxy) is 1. The molecule has 1 aliphatic carbocycles. The fourth-order valence-corrected chi connectivity index (χ4v) is 3.97. The molecule has 1 amide bonds. The summed E-state index contributed by atoms with van der Waals surface area (Å²) in [5, 5.41) is 2.34. The van der Waals surface area contributed by atoms with Gasteiger partial charge in [-0.05, 0) is 31.9 Å². The van der Waals surface area contributed by atoms with Gasteiger partial charge in [0.1, 0.15) is 11.6 Å². The quantitative estimate of drug-likeness (QED) is 0.708. The average Bonchev–Trinajstić information content (AvgIpc) is 3.16. The normalized spacial score (nSPS) is 16.0. The standard InChI is InChI=1S/C19H20F2N2O3S/c1-12(26-18(25)13-9-14(20)11-15(21)10-13)17(24)23(19-22-7-8-27-19)16-5-3-2-4-6-16/h7-12,16H,2-6H2,1H3/t12-/m0/s1. The van der Waals surface area contributed by atoms with E-state index >= 15 is 0 Å². The maximum absolute atomic E-state index is 13.3. The summed E-state index contributed by atoms with van der Waals surface area (Å²) in [6.45, 7) is 1.46. The second kappa shape index (κ2) is 8.56. The molecule has 1 aromatic carbocycles. The lowest BCUT2D eigenvalue weighted by Gasteiger charge is -2.33. The summed E-state index contributed by atoms with van der Waals surface area (Å²) in [6, 6.07) is 2.42. The van der Waals surface area contributed by atoms with E-state index < -0.39 is 23.7 Å². The van der Waals surface area contributed by atoms with Crippen LogP contribution in [0.5, 0.6) is 0 Å². The summed E-state index contributed by atoms with van der Waals surface area (Å²) in [6.07, 6.45) is 5.42. The largest absolute Gasteiger partial charge is 0.449 e. The number of hydrogen-bond donors (Lipinski definition) is 0. The van der Waals surface area contributed by atoms with Crippen molar-refractivity contribution in [1.82, 2.24) is 4.98 Å². The maximum atomic E-state index is 13.3. The van der Waals surface area contributed by atoms with Gasteiger partial charge in [-0.15, -0.1) is 11.3 Å². The van der Waals surface area contributed by atoms with Crippen molar-refractivity contribution in [2.24, 2.45) is 0 Å². The Bertz CT molecular complexity index is 787. The first-order chi connectivity index (χ1) is 13.0. The second-order valence-electron chi connectivity index (χ2n) is 6.52. The van der Waals surface area contributed by atoms with E-state index in [0.717, 1.165) is 44.2 Å². The first-order valence-electron chi connectivity index (χ1n) is 8.85. The number of thiazole rings is 1. The van der Waals surface area contributed by atoms with E-state index in [1.54, 1.807) is 16.5 Å². The van der Waals surface area contributed by atoms with Crippen LogP contribution in [0.4, 0.5) is 13.9 Å². The highest BCUT2D eigenvalue weighted by atomic mass is 32.1. The van der Waals surface area contributed by atoms with Gasteiger partial charge >= 0.3 is 5.97 Å². The molecule has 144 valence electrons. The number of hydrogen-bond acceptors (Lipinski definition) is 5. The number of nitrogens with zero attached hydrogens (tertiary/aromatic N) is 2. The smallest absolute Gasteiger partial charge is 0.339 e. The van der Waals surface area contributed by atoms with Crippen LogP contribution >= 0.6 is 11.3 Å². The molecule has 0 bridgehead atoms. The topological polar surface area (TPSA) is 59.5 Å². The zero-order valence-electron chi connectivity index (χ0n) is 14.9. The first-order valence-corrected chi connectivity index (χ1v) is 9.73. The zero-order chi connectivity index (χ0) is 19.4. The molecule has 2 aromatic rings. The number of carbonyl (C=O) groups is 2. The molecule has 8 heteroatoms. The molecule has 0 aliphatic heterocycles. The van der Waals surface area contributed by atoms with Crippen LogP contribution in [0.2, 0.25) is 0 Å². The van der Waals surface area contributed by atoms with Crippen molar-refractivity contribution in [3.63, 3.8) is 0 Å². The number of esters is 1. The van der Waals surface area contributed by atoms with Crippen LogP contribution in [0.1, 0.15) is 49.4 Å². The highest BCUT2D eigenvalue weighted by Gasteiger charge is 2.33. The summed E-state index contributed by atoms with van der Waals surface area (Å²) in [7, 11) is 0. The molecule has 0 radical (unpaired) electrons. The van der Waals surface area contributed by atoms with E-state index in [9.17, 15) is 18.4 Å². The third kappa shape index (κ3) is 4.68. The van der Waals surface area contributed by atoms with Crippen LogP contribution in [0.3, 0.4) is 0 Å². The van der Waals surface area contributed by atoms with Crippen molar-refractivity contribution in [2.45, 2.75) is 51.2 Å². The zero-order valence-corrected chi connectivity index (χ0v) is 15.7. The van der Waals surface area contributed by atoms with Gasteiger partial charge in [-0.2, -0.15) is 0 Å². The SMILES string of the molecule is C[C@H](OC(=O)c1cc(F)cc(F)c1)C(=O)N(c1nccs1)C1CCCCC1. The Kier molecular flexibility index (Phi) is 6.15. The lowest BCUT2D eigenvalue weighted by molar-refractivity contribution is -0.127. The van der Waals surface area contributed by atoms with Crippen LogP contribution in [0.15, 0.2) is 29.8 Å². The van der Waals surface area contributed by atoms with Crippen molar-refractivity contribution < 1.29 is 23.1 Å². The molecule has 5 nitrogen and oxygen atoms in total. The van der Waals surface area contributed by atoms with Crippen LogP contribution in [0.25, 0.3) is 0 Å². The molecule has 1 aliphatic rings. The molecule has 1 saturated carbocycles. The van der Waals surface area contributed by atoms with Gasteiger partial charge in [0.25, 0.3) is 5.91 Å². The maximum Gasteiger partial charge on any atom is 0.339 e. The van der Waals surface area contributed by atoms with Gasteiger partial charge in [-0.1, -0.05) is 19.3 Å². The Morgan fingerprint density at radius 2 is 1.85 bits per heavy atom. The van der Waals surface area contributed by atoms with Crippen LogP contribution < -0.4 is 4.90 Å². The van der Waals surface area contributed by atoms with Gasteiger partial charge in [0.15, 0.2) is 11.2 Å². The van der Waals surface area contributed by atoms with Gasteiger partial charge in [-0.3, -0.25) is 9.69 Å². The summed E-state index contributed by atoms with van der Waals surface area (Å²) in [4.78, 5) is 31.1. The molecule has 0 N–H and O–H groups in total. The van der Waals surface area contributed by atoms with Crippen molar-refractivity contribution in [3.8, 4) is 0 Å². The van der Waals surface area contributed by atoms with Gasteiger partial charge in [0.2, 0.25) is 0 Å². The molecule has 1 aromatic heterocycles. The van der Waals surface area contributed by atoms with Crippen LogP contribution in [-0.2, 0) is 9.53 Å². The Hall–Kier alpha value is -2.35. The lowest BCUT2D eigenvalue weighted by atomic mass is 9.94. The first kappa shape index (κ1) is 19.4. The molecule has 1 atom stereocenters. The number of halogens is 2. The second-order valence-corrected chi connectivity index (χ2v) is 7.39. The number of amides is 1. The predicted molar refractivity (Wildman–Crippen MR) is 97.7 cm³/mol. The van der Waals surface area contributed by atoms with Gasteiger partial charge in [-0.25, -0.2) is 18.6 Å². The van der Waals surface area contributed by atoms with E-state index in [1.807, 2.05) is 0 Å². The van der Waals surface area contributed by atoms with E-state index in [-0.39, 0.29) is 17.5 Å². The Labute approximate surface area is 160 Å². The molecule has 0 saturated heterocycles. The van der Waals surface area contributed by atoms with Crippen molar-refractivity contribution >= 4 is 28.3 Å². The summed E-state index contributed by atoms with van der Waals surface area (Å²) < 4.78 is 31.8. The molecule has 1 fully saturated rings. The molecular formula is C19H20F2N2O3S. The number of benzene rings is 1. The number of carbonyl (C=O) groups excluding carboxylic acids is 2. The Morgan fingerprint density at radius 3 is 2.44 bits per heavy atom. The molecular weight excluding hydrogens is 374 g/mol. The van der Waals surface area contributed by atoms with Gasteiger partial charge < -0.3 is 4.74 Å². The monoisotopic (exact) mass is 394 g/mol. The number of anilines is 1. The summed E-state index contributed by atoms with van der Waals surface area (Å²) in [5.41, 5.74) is -0.273. The third-order valence-corrected chi connectivity index (χ3v) is 5.30. The van der Waals surface area contributed by atoms with E-state index in [0.29, 0.717) is 11.2 Å². The summed E-state index contributed by atoms with van der Waals surface area (Å²) >= 11 is 1.34. The molecule has 3 rings (SSSR count). The molecule has 0 unspecified atom stereocenters. The van der Waals surface area contributed by atoms with E-state index in [2.05, 4.69) is 4.98 Å². The van der Waals surface area contributed by atoms with Crippen molar-refractivity contribution in [3.05, 3.63) is 47.0 Å². The third-order valence-electron chi connectivity index (χ3n) is 4.53. The molecule has 27 heavy (non-hydrogen) atoms. The van der Waals surface area contributed by atoms with Crippen molar-refractivity contribution in [2.75, 3.05) is 4.90 Å². The van der Waals surface area contributed by atoms with Crippen LogP contribution in [0, 0.1) is 11.6 Å². The minimum absolute atomic E-state index is 0.00478. The van der Waals surface area contributed by atoms with E-state index in [1.165, 1.54) is 18.3 Å². The molecule has 1 heterocycles. The number of rotatable bonds is 5. The van der Waals surface area contributed by atoms with Crippen LogP contribution in [-0.4, -0.2) is 29.0 Å².